The highest BCUT2D eigenvalue weighted by molar-refractivity contribution is 7.62. The van der Waals surface area contributed by atoms with Gasteiger partial charge < -0.3 is 29.2 Å². The van der Waals surface area contributed by atoms with E-state index in [1.54, 1.807) is 29.6 Å². The molecule has 13 heteroatoms. The number of anilines is 1. The predicted octanol–water partition coefficient (Wildman–Crippen LogP) is 2.24. The first-order valence-electron chi connectivity index (χ1n) is 11.8. The second kappa shape index (κ2) is 12.4. The summed E-state index contributed by atoms with van der Waals surface area (Å²) in [5.41, 5.74) is 5.63. The number of fused-ring (bicyclic) bond motifs is 1. The average Bonchev–Trinajstić information content (AvgIpc) is 3.20. The molecule has 0 bridgehead atoms. The Bertz CT molecular complexity index is 1050. The molecule has 35 heavy (non-hydrogen) atoms. The Morgan fingerprint density at radius 2 is 1.91 bits per heavy atom. The topological polar surface area (TPSA) is 155 Å². The Morgan fingerprint density at radius 3 is 2.54 bits per heavy atom. The molecule has 1 amide bonds. The summed E-state index contributed by atoms with van der Waals surface area (Å²) in [4.78, 5) is 39.4. The molecule has 0 saturated heterocycles. The largest absolute Gasteiger partial charge is 0.464 e. The molecule has 0 fully saturated rings. The number of aromatic nitrogens is 4. The number of imidazole rings is 1. The van der Waals surface area contributed by atoms with Crippen LogP contribution in [0.25, 0.3) is 11.2 Å². The van der Waals surface area contributed by atoms with Crippen molar-refractivity contribution in [2.45, 2.75) is 66.2 Å². The third-order valence-corrected chi connectivity index (χ3v) is 7.70. The Labute approximate surface area is 206 Å². The van der Waals surface area contributed by atoms with Crippen LogP contribution in [-0.4, -0.2) is 80.1 Å². The number of hydrogen-bond donors (Lipinski definition) is 2. The maximum absolute atomic E-state index is 14.0. The Morgan fingerprint density at radius 1 is 1.23 bits per heavy atom. The van der Waals surface area contributed by atoms with Crippen LogP contribution in [0.15, 0.2) is 12.7 Å². The van der Waals surface area contributed by atoms with E-state index in [1.807, 2.05) is 27.7 Å². The first-order chi connectivity index (χ1) is 16.5. The average molecular weight is 512 g/mol. The molecule has 2 atom stereocenters. The van der Waals surface area contributed by atoms with Crippen molar-refractivity contribution in [1.29, 1.82) is 0 Å². The van der Waals surface area contributed by atoms with Gasteiger partial charge in [-0.1, -0.05) is 6.92 Å². The minimum absolute atomic E-state index is 0.241. The molecule has 2 aromatic heterocycles. The van der Waals surface area contributed by atoms with E-state index in [2.05, 4.69) is 20.0 Å². The molecular formula is C22H38N7O5P. The fraction of sp³-hybridized carbons (Fsp3) is 0.682. The molecule has 2 heterocycles. The van der Waals surface area contributed by atoms with Crippen LogP contribution in [0.2, 0.25) is 0 Å². The Kier molecular flexibility index (Phi) is 10.2. The Balaban J connectivity index is 2.17. The molecule has 0 aliphatic heterocycles. The number of nitrogens with one attached hydrogen (secondary N) is 1. The van der Waals surface area contributed by atoms with Crippen LogP contribution >= 0.6 is 7.29 Å². The number of rotatable bonds is 14. The molecule has 0 aromatic carbocycles. The minimum atomic E-state index is -3.50. The first kappa shape index (κ1) is 28.7. The van der Waals surface area contributed by atoms with Crippen LogP contribution in [0.3, 0.4) is 0 Å². The van der Waals surface area contributed by atoms with Gasteiger partial charge in [0.25, 0.3) is 0 Å². The molecule has 0 saturated carbocycles. The molecule has 2 aromatic rings. The van der Waals surface area contributed by atoms with Gasteiger partial charge in [0.2, 0.25) is 5.91 Å². The van der Waals surface area contributed by atoms with E-state index in [1.165, 1.54) is 6.33 Å². The number of nitrogen functional groups attached to an aromatic ring is 1. The van der Waals surface area contributed by atoms with Crippen LogP contribution in [0.5, 0.6) is 0 Å². The van der Waals surface area contributed by atoms with Crippen molar-refractivity contribution in [2.75, 3.05) is 37.9 Å². The molecule has 0 radical (unpaired) electrons. The summed E-state index contributed by atoms with van der Waals surface area (Å²) in [6.07, 6.45) is 2.69. The van der Waals surface area contributed by atoms with Crippen molar-refractivity contribution in [2.24, 2.45) is 0 Å². The summed E-state index contributed by atoms with van der Waals surface area (Å²) in [5, 5.41) is 2.92. The van der Waals surface area contributed by atoms with Crippen LogP contribution in [-0.2, 0) is 30.2 Å². The standard InChI is InChI=1S/C22H38N7O5P/c1-7-10-33-21(31)22(5,6)27-35(32,12-17(30)28(8-2)9-3)15-34-16(4)11-29-14-26-18-19(23)24-13-25-20(18)29/h13-14,16H,7-12,15H2,1-6H3,(H,27,32)(H2,23,24,25)/t16-,35?/m0/s1. The van der Waals surface area contributed by atoms with Gasteiger partial charge in [-0.05, 0) is 41.0 Å². The van der Waals surface area contributed by atoms with Crippen LogP contribution in [0.4, 0.5) is 5.82 Å². The number of ether oxygens (including phenoxy) is 2. The van der Waals surface area contributed by atoms with Crippen LogP contribution in [0.1, 0.15) is 48.0 Å². The highest BCUT2D eigenvalue weighted by Crippen LogP contribution is 2.44. The van der Waals surface area contributed by atoms with Gasteiger partial charge in [0, 0.05) is 13.1 Å². The van der Waals surface area contributed by atoms with E-state index in [4.69, 9.17) is 15.2 Å². The second-order valence-corrected chi connectivity index (χ2v) is 11.5. The molecule has 0 spiro atoms. The lowest BCUT2D eigenvalue weighted by Gasteiger charge is -2.31. The zero-order valence-corrected chi connectivity index (χ0v) is 22.4. The molecule has 196 valence electrons. The van der Waals surface area contributed by atoms with E-state index in [-0.39, 0.29) is 30.8 Å². The van der Waals surface area contributed by atoms with Crippen LogP contribution < -0.4 is 10.8 Å². The summed E-state index contributed by atoms with van der Waals surface area (Å²) in [5.74, 6) is -0.527. The van der Waals surface area contributed by atoms with E-state index in [0.29, 0.717) is 37.2 Å². The highest BCUT2D eigenvalue weighted by Gasteiger charge is 2.39. The number of carbonyl (C=O) groups excluding carboxylic acids is 2. The van der Waals surface area contributed by atoms with Crippen molar-refractivity contribution in [3.63, 3.8) is 0 Å². The van der Waals surface area contributed by atoms with Crippen molar-refractivity contribution in [3.8, 4) is 0 Å². The van der Waals surface area contributed by atoms with Gasteiger partial charge >= 0.3 is 5.97 Å². The molecule has 12 nitrogen and oxygen atoms in total. The third kappa shape index (κ3) is 7.71. The molecule has 0 aliphatic rings. The van der Waals surface area contributed by atoms with E-state index >= 15 is 0 Å². The van der Waals surface area contributed by atoms with Gasteiger partial charge in [-0.2, -0.15) is 0 Å². The summed E-state index contributed by atoms with van der Waals surface area (Å²) < 4.78 is 26.9. The maximum Gasteiger partial charge on any atom is 0.326 e. The fourth-order valence-electron chi connectivity index (χ4n) is 3.55. The van der Waals surface area contributed by atoms with Crippen LogP contribution in [0, 0.1) is 0 Å². The predicted molar refractivity (Wildman–Crippen MR) is 134 cm³/mol. The summed E-state index contributed by atoms with van der Waals surface area (Å²) in [6.45, 7) is 12.2. The Hall–Kier alpha value is -2.56. The van der Waals surface area contributed by atoms with Gasteiger partial charge in [0.1, 0.15) is 23.7 Å². The second-order valence-electron chi connectivity index (χ2n) is 8.92. The summed E-state index contributed by atoms with van der Waals surface area (Å²) >= 11 is 0. The highest BCUT2D eigenvalue weighted by atomic mass is 31.2. The summed E-state index contributed by atoms with van der Waals surface area (Å²) in [6, 6.07) is 0. The minimum Gasteiger partial charge on any atom is -0.464 e. The van der Waals surface area contributed by atoms with Crippen molar-refractivity contribution in [3.05, 3.63) is 12.7 Å². The van der Waals surface area contributed by atoms with Gasteiger partial charge in [-0.25, -0.2) is 20.0 Å². The first-order valence-corrected chi connectivity index (χ1v) is 13.9. The molecular weight excluding hydrogens is 473 g/mol. The number of carbonyl (C=O) groups is 2. The number of nitrogens with zero attached hydrogens (tertiary/aromatic N) is 5. The smallest absolute Gasteiger partial charge is 0.326 e. The number of amides is 1. The van der Waals surface area contributed by atoms with Gasteiger partial charge in [0.15, 0.2) is 18.8 Å². The number of esters is 1. The molecule has 2 rings (SSSR count). The van der Waals surface area contributed by atoms with Gasteiger partial charge in [0.05, 0.1) is 31.7 Å². The lowest BCUT2D eigenvalue weighted by atomic mass is 10.1. The monoisotopic (exact) mass is 511 g/mol. The van der Waals surface area contributed by atoms with E-state index in [0.717, 1.165) is 0 Å². The molecule has 3 N–H and O–H groups in total. The number of hydrogen-bond acceptors (Lipinski definition) is 9. The zero-order chi connectivity index (χ0) is 26.2. The fourth-order valence-corrected chi connectivity index (χ4v) is 6.03. The van der Waals surface area contributed by atoms with Gasteiger partial charge in [-0.15, -0.1) is 0 Å². The van der Waals surface area contributed by atoms with Crippen molar-refractivity contribution < 1.29 is 23.6 Å². The van der Waals surface area contributed by atoms with Crippen molar-refractivity contribution in [1.82, 2.24) is 29.5 Å². The SMILES string of the molecule is CCCOC(=O)C(C)(C)NP(=O)(CO[C@@H](C)Cn1cnc2c(N)ncnc21)CC(=O)N(CC)CC. The zero-order valence-electron chi connectivity index (χ0n) is 21.5. The van der Waals surface area contributed by atoms with E-state index in [9.17, 15) is 14.2 Å². The number of nitrogens with two attached hydrogens (primary N) is 1. The molecule has 0 aliphatic carbocycles. The molecule has 1 unspecified atom stereocenters. The quantitative estimate of drug-likeness (QED) is 0.285. The van der Waals surface area contributed by atoms with E-state index < -0.39 is 24.9 Å². The lowest BCUT2D eigenvalue weighted by molar-refractivity contribution is -0.149. The summed E-state index contributed by atoms with van der Waals surface area (Å²) in [7, 11) is -3.50. The van der Waals surface area contributed by atoms with Gasteiger partial charge in [-0.3, -0.25) is 9.59 Å². The normalized spacial score (nSPS) is 14.5. The third-order valence-electron chi connectivity index (χ3n) is 5.39. The lowest BCUT2D eigenvalue weighted by Crippen LogP contribution is -2.48. The van der Waals surface area contributed by atoms with Crippen molar-refractivity contribution >= 4 is 36.2 Å². The maximum atomic E-state index is 14.0.